The third-order valence-electron chi connectivity index (χ3n) is 2.37. The second kappa shape index (κ2) is 5.56. The van der Waals surface area contributed by atoms with Crippen molar-refractivity contribution >= 4 is 21.6 Å². The summed E-state index contributed by atoms with van der Waals surface area (Å²) in [7, 11) is 0. The quantitative estimate of drug-likeness (QED) is 0.927. The number of nitrogens with zero attached hydrogens (tertiary/aromatic N) is 2. The van der Waals surface area contributed by atoms with E-state index in [-0.39, 0.29) is 12.2 Å². The van der Waals surface area contributed by atoms with Gasteiger partial charge >= 0.3 is 6.18 Å². The first-order valence-electron chi connectivity index (χ1n) is 5.34. The van der Waals surface area contributed by atoms with Crippen molar-refractivity contribution in [3.8, 4) is 0 Å². The number of halogens is 4. The van der Waals surface area contributed by atoms with Gasteiger partial charge < -0.3 is 5.32 Å². The van der Waals surface area contributed by atoms with Crippen LogP contribution in [0, 0.1) is 0 Å². The van der Waals surface area contributed by atoms with E-state index in [9.17, 15) is 13.2 Å². The smallest absolute Gasteiger partial charge is 0.379 e. The molecule has 0 aliphatic rings. The Kier molecular flexibility index (Phi) is 4.04. The van der Waals surface area contributed by atoms with Gasteiger partial charge in [0.25, 0.3) is 0 Å². The molecule has 1 N–H and O–H groups in total. The molecule has 0 saturated carbocycles. The highest BCUT2D eigenvalue weighted by atomic mass is 79.9. The van der Waals surface area contributed by atoms with Crippen LogP contribution in [-0.2, 0) is 12.7 Å². The van der Waals surface area contributed by atoms with E-state index in [0.717, 1.165) is 6.07 Å². The molecule has 0 saturated heterocycles. The molecule has 0 aliphatic carbocycles. The number of rotatable bonds is 3. The van der Waals surface area contributed by atoms with Gasteiger partial charge in [-0.15, -0.1) is 0 Å². The van der Waals surface area contributed by atoms with Gasteiger partial charge in [-0.1, -0.05) is 15.9 Å². The Bertz CT molecular complexity index is 558. The van der Waals surface area contributed by atoms with Crippen LogP contribution >= 0.6 is 15.9 Å². The van der Waals surface area contributed by atoms with Crippen LogP contribution < -0.4 is 5.32 Å². The molecule has 0 amide bonds. The summed E-state index contributed by atoms with van der Waals surface area (Å²) in [6, 6.07) is 7.14. The summed E-state index contributed by atoms with van der Waals surface area (Å²) in [6.07, 6.45) is -2.89. The summed E-state index contributed by atoms with van der Waals surface area (Å²) in [5.41, 5.74) is -0.136. The maximum absolute atomic E-state index is 12.8. The monoisotopic (exact) mass is 331 g/mol. The average Bonchev–Trinajstić information content (AvgIpc) is 2.36. The lowest BCUT2D eigenvalue weighted by atomic mass is 10.1. The van der Waals surface area contributed by atoms with Crippen LogP contribution in [0.3, 0.4) is 0 Å². The molecule has 7 heteroatoms. The number of hydrogen-bond donors (Lipinski definition) is 1. The lowest BCUT2D eigenvalue weighted by Crippen LogP contribution is -2.11. The fourth-order valence-corrected chi connectivity index (χ4v) is 1.88. The highest BCUT2D eigenvalue weighted by molar-refractivity contribution is 9.10. The van der Waals surface area contributed by atoms with Gasteiger partial charge in [-0.3, -0.25) is 0 Å². The summed E-state index contributed by atoms with van der Waals surface area (Å²) < 4.78 is 39.0. The van der Waals surface area contributed by atoms with Crippen LogP contribution in [-0.4, -0.2) is 10.2 Å². The van der Waals surface area contributed by atoms with Crippen LogP contribution in [0.5, 0.6) is 0 Å². The Morgan fingerprint density at radius 1 is 1.21 bits per heavy atom. The summed E-state index contributed by atoms with van der Waals surface area (Å²) in [5, 5.41) is 10.2. The summed E-state index contributed by atoms with van der Waals surface area (Å²) in [4.78, 5) is 0. The van der Waals surface area contributed by atoms with E-state index < -0.39 is 11.7 Å². The minimum Gasteiger partial charge on any atom is -0.379 e. The molecule has 3 nitrogen and oxygen atoms in total. The molecule has 2 rings (SSSR count). The fourth-order valence-electron chi connectivity index (χ4n) is 1.52. The molecule has 0 atom stereocenters. The molecular formula is C12H9BrF3N3. The van der Waals surface area contributed by atoms with E-state index in [0.29, 0.717) is 10.2 Å². The molecule has 2 aromatic rings. The topological polar surface area (TPSA) is 37.8 Å². The van der Waals surface area contributed by atoms with E-state index in [1.54, 1.807) is 12.1 Å². The van der Waals surface area contributed by atoms with Crippen molar-refractivity contribution in [1.82, 2.24) is 10.2 Å². The molecule has 100 valence electrons. The van der Waals surface area contributed by atoms with Gasteiger partial charge in [0.15, 0.2) is 0 Å². The van der Waals surface area contributed by atoms with E-state index in [1.807, 2.05) is 0 Å². The highest BCUT2D eigenvalue weighted by Gasteiger charge is 2.33. The number of nitrogens with one attached hydrogen (secondary N) is 1. The fraction of sp³-hybridized carbons (Fsp3) is 0.167. The molecule has 0 aliphatic heterocycles. The predicted octanol–water partition coefficient (Wildman–Crippen LogP) is 3.87. The third kappa shape index (κ3) is 3.66. The lowest BCUT2D eigenvalue weighted by Gasteiger charge is -2.14. The third-order valence-corrected chi connectivity index (χ3v) is 2.87. The Morgan fingerprint density at radius 3 is 2.63 bits per heavy atom. The van der Waals surface area contributed by atoms with Crippen LogP contribution in [0.25, 0.3) is 0 Å². The molecule has 0 bridgehead atoms. The zero-order chi connectivity index (χ0) is 13.9. The Labute approximate surface area is 116 Å². The second-order valence-electron chi connectivity index (χ2n) is 3.76. The van der Waals surface area contributed by atoms with Crippen molar-refractivity contribution in [1.29, 1.82) is 0 Å². The number of alkyl halides is 3. The van der Waals surface area contributed by atoms with Gasteiger partial charge in [0.1, 0.15) is 0 Å². The minimum atomic E-state index is -4.40. The number of anilines is 1. The first kappa shape index (κ1) is 13.8. The van der Waals surface area contributed by atoms with Crippen molar-refractivity contribution in [2.24, 2.45) is 0 Å². The number of aromatic nitrogens is 2. The van der Waals surface area contributed by atoms with E-state index in [4.69, 9.17) is 0 Å². The standard InChI is InChI=1S/C12H9BrF3N3/c13-8-3-4-10(12(14,15)16)11(6-8)17-7-9-2-1-5-18-19-9/h1-6,17H,7H2. The number of benzene rings is 1. The average molecular weight is 332 g/mol. The molecule has 0 fully saturated rings. The molecule has 1 aromatic heterocycles. The van der Waals surface area contributed by atoms with E-state index in [1.165, 1.54) is 18.3 Å². The molecule has 0 radical (unpaired) electrons. The van der Waals surface area contributed by atoms with Crippen molar-refractivity contribution < 1.29 is 13.2 Å². The maximum atomic E-state index is 12.8. The zero-order valence-electron chi connectivity index (χ0n) is 9.58. The van der Waals surface area contributed by atoms with Crippen LogP contribution in [0.1, 0.15) is 11.3 Å². The summed E-state index contributed by atoms with van der Waals surface area (Å²) >= 11 is 3.15. The highest BCUT2D eigenvalue weighted by Crippen LogP contribution is 2.36. The van der Waals surface area contributed by atoms with Gasteiger partial charge in [-0.25, -0.2) is 0 Å². The normalized spacial score (nSPS) is 11.4. The maximum Gasteiger partial charge on any atom is 0.418 e. The summed E-state index contributed by atoms with van der Waals surface area (Å²) in [5.74, 6) is 0. The second-order valence-corrected chi connectivity index (χ2v) is 4.67. The summed E-state index contributed by atoms with van der Waals surface area (Å²) in [6.45, 7) is 0.174. The van der Waals surface area contributed by atoms with Gasteiger partial charge in [-0.2, -0.15) is 23.4 Å². The Balaban J connectivity index is 2.22. The minimum absolute atomic E-state index is 0.00697. The van der Waals surface area contributed by atoms with Gasteiger partial charge in [0, 0.05) is 16.4 Å². The molecule has 1 aromatic carbocycles. The van der Waals surface area contributed by atoms with Gasteiger partial charge in [0.05, 0.1) is 17.8 Å². The van der Waals surface area contributed by atoms with Crippen molar-refractivity contribution in [3.05, 3.63) is 52.3 Å². The first-order chi connectivity index (χ1) is 8.97. The first-order valence-corrected chi connectivity index (χ1v) is 6.13. The van der Waals surface area contributed by atoms with Gasteiger partial charge in [0.2, 0.25) is 0 Å². The Morgan fingerprint density at radius 2 is 2.00 bits per heavy atom. The van der Waals surface area contributed by atoms with Crippen molar-refractivity contribution in [3.63, 3.8) is 0 Å². The van der Waals surface area contributed by atoms with Crippen molar-refractivity contribution in [2.45, 2.75) is 12.7 Å². The molecule has 0 unspecified atom stereocenters. The number of hydrogen-bond acceptors (Lipinski definition) is 3. The molecule has 19 heavy (non-hydrogen) atoms. The van der Waals surface area contributed by atoms with Gasteiger partial charge in [-0.05, 0) is 30.3 Å². The van der Waals surface area contributed by atoms with E-state index >= 15 is 0 Å². The van der Waals surface area contributed by atoms with E-state index in [2.05, 4.69) is 31.4 Å². The molecular weight excluding hydrogens is 323 g/mol. The lowest BCUT2D eigenvalue weighted by molar-refractivity contribution is -0.137. The largest absolute Gasteiger partial charge is 0.418 e. The predicted molar refractivity (Wildman–Crippen MR) is 68.5 cm³/mol. The van der Waals surface area contributed by atoms with Crippen LogP contribution in [0.15, 0.2) is 41.0 Å². The van der Waals surface area contributed by atoms with Crippen molar-refractivity contribution in [2.75, 3.05) is 5.32 Å². The van der Waals surface area contributed by atoms with Crippen LogP contribution in [0.4, 0.5) is 18.9 Å². The molecule has 1 heterocycles. The zero-order valence-corrected chi connectivity index (χ0v) is 11.2. The van der Waals surface area contributed by atoms with Crippen LogP contribution in [0.2, 0.25) is 0 Å². The Hall–Kier alpha value is -1.63. The molecule has 0 spiro atoms. The SMILES string of the molecule is FC(F)(F)c1ccc(Br)cc1NCc1cccnn1.